The van der Waals surface area contributed by atoms with Crippen LogP contribution in [0.15, 0.2) is 47.4 Å². The minimum absolute atomic E-state index is 0.0132. The summed E-state index contributed by atoms with van der Waals surface area (Å²) in [5, 5.41) is 5.01. The molecule has 0 aliphatic carbocycles. The first-order chi connectivity index (χ1) is 8.38. The zero-order valence-electron chi connectivity index (χ0n) is 9.10. The molecule has 0 unspecified atom stereocenters. The van der Waals surface area contributed by atoms with Gasteiger partial charge in [0, 0.05) is 0 Å². The molecule has 0 fully saturated rings. The van der Waals surface area contributed by atoms with Crippen molar-refractivity contribution < 1.29 is 12.8 Å². The van der Waals surface area contributed by atoms with Crippen LogP contribution in [0.5, 0.6) is 0 Å². The summed E-state index contributed by atoms with van der Waals surface area (Å²) in [4.78, 5) is -0.149. The van der Waals surface area contributed by atoms with Crippen LogP contribution in [0.25, 0.3) is 11.1 Å². The van der Waals surface area contributed by atoms with Crippen molar-refractivity contribution >= 4 is 21.6 Å². The molecule has 0 saturated heterocycles. The highest BCUT2D eigenvalue weighted by Gasteiger charge is 2.13. The molecular weight excluding hydrogens is 277 g/mol. The second-order valence-corrected chi connectivity index (χ2v) is 5.64. The molecule has 6 heteroatoms. The maximum atomic E-state index is 13.1. The summed E-state index contributed by atoms with van der Waals surface area (Å²) in [6.07, 6.45) is 0. The molecule has 0 saturated carbocycles. The van der Waals surface area contributed by atoms with Crippen molar-refractivity contribution in [2.24, 2.45) is 5.14 Å². The van der Waals surface area contributed by atoms with Crippen molar-refractivity contribution in [1.29, 1.82) is 0 Å². The molecule has 0 spiro atoms. The number of halogens is 2. The lowest BCUT2D eigenvalue weighted by atomic mass is 10.1. The molecule has 3 nitrogen and oxygen atoms in total. The third-order valence-corrected chi connectivity index (χ3v) is 3.79. The van der Waals surface area contributed by atoms with E-state index in [-0.39, 0.29) is 15.7 Å². The molecule has 2 aromatic carbocycles. The van der Waals surface area contributed by atoms with Gasteiger partial charge in [-0.15, -0.1) is 0 Å². The first-order valence-corrected chi connectivity index (χ1v) is 6.88. The van der Waals surface area contributed by atoms with Gasteiger partial charge in [-0.25, -0.2) is 17.9 Å². The number of nitrogens with two attached hydrogens (primary N) is 1. The summed E-state index contributed by atoms with van der Waals surface area (Å²) in [7, 11) is -3.85. The molecular formula is C12H9ClFNO2S. The van der Waals surface area contributed by atoms with E-state index in [1.807, 2.05) is 0 Å². The highest BCUT2D eigenvalue weighted by atomic mass is 35.5. The minimum atomic E-state index is -3.85. The zero-order valence-corrected chi connectivity index (χ0v) is 10.7. The van der Waals surface area contributed by atoms with Crippen LogP contribution in [0.2, 0.25) is 5.02 Å². The first kappa shape index (κ1) is 13.0. The van der Waals surface area contributed by atoms with Crippen molar-refractivity contribution in [2.45, 2.75) is 4.90 Å². The lowest BCUT2D eigenvalue weighted by molar-refractivity contribution is 0.598. The number of rotatable bonds is 2. The molecule has 0 amide bonds. The summed E-state index contributed by atoms with van der Waals surface area (Å²) in [6, 6.07) is 10.2. The number of hydrogen-bond donors (Lipinski definition) is 1. The Morgan fingerprint density at radius 3 is 2.28 bits per heavy atom. The van der Waals surface area contributed by atoms with Gasteiger partial charge in [0.05, 0.1) is 5.02 Å². The second kappa shape index (κ2) is 4.68. The molecule has 2 N–H and O–H groups in total. The monoisotopic (exact) mass is 285 g/mol. The largest absolute Gasteiger partial charge is 0.239 e. The van der Waals surface area contributed by atoms with Gasteiger partial charge in [-0.05, 0) is 35.4 Å². The number of sulfonamides is 1. The number of primary sulfonamides is 1. The van der Waals surface area contributed by atoms with Crippen LogP contribution in [0.4, 0.5) is 4.39 Å². The van der Waals surface area contributed by atoms with E-state index in [1.54, 1.807) is 12.1 Å². The molecule has 0 aliphatic heterocycles. The zero-order chi connectivity index (χ0) is 13.3. The number of hydrogen-bond acceptors (Lipinski definition) is 2. The van der Waals surface area contributed by atoms with E-state index in [0.717, 1.165) is 0 Å². The predicted octanol–water partition coefficient (Wildman–Crippen LogP) is 2.79. The Labute approximate surface area is 109 Å². The van der Waals surface area contributed by atoms with Crippen LogP contribution in [0, 0.1) is 5.82 Å². The van der Waals surface area contributed by atoms with Crippen molar-refractivity contribution in [3.63, 3.8) is 0 Å². The fourth-order valence-corrected chi connectivity index (χ4v) is 2.67. The SMILES string of the molecule is NS(=O)(=O)c1ccc(-c2cccc(F)c2)cc1Cl. The van der Waals surface area contributed by atoms with E-state index < -0.39 is 10.0 Å². The third-order valence-electron chi connectivity index (χ3n) is 2.40. The summed E-state index contributed by atoms with van der Waals surface area (Å²) >= 11 is 5.85. The Morgan fingerprint density at radius 1 is 1.06 bits per heavy atom. The average molecular weight is 286 g/mol. The van der Waals surface area contributed by atoms with Crippen LogP contribution >= 0.6 is 11.6 Å². The van der Waals surface area contributed by atoms with Gasteiger partial charge in [0.25, 0.3) is 0 Å². The Balaban J connectivity index is 2.53. The highest BCUT2D eigenvalue weighted by molar-refractivity contribution is 7.89. The fraction of sp³-hybridized carbons (Fsp3) is 0. The Hall–Kier alpha value is -1.43. The third kappa shape index (κ3) is 2.69. The maximum absolute atomic E-state index is 13.1. The van der Waals surface area contributed by atoms with Crippen LogP contribution in [-0.4, -0.2) is 8.42 Å². The van der Waals surface area contributed by atoms with Crippen molar-refractivity contribution in [3.8, 4) is 11.1 Å². The van der Waals surface area contributed by atoms with Crippen LogP contribution in [0.1, 0.15) is 0 Å². The Kier molecular flexibility index (Phi) is 3.38. The van der Waals surface area contributed by atoms with Crippen molar-refractivity contribution in [1.82, 2.24) is 0 Å². The highest BCUT2D eigenvalue weighted by Crippen LogP contribution is 2.27. The molecule has 2 rings (SSSR count). The lowest BCUT2D eigenvalue weighted by Gasteiger charge is -2.06. The van der Waals surface area contributed by atoms with Crippen molar-refractivity contribution in [2.75, 3.05) is 0 Å². The van der Waals surface area contributed by atoms with Gasteiger partial charge in [0.1, 0.15) is 10.7 Å². The van der Waals surface area contributed by atoms with Gasteiger partial charge in [0.2, 0.25) is 10.0 Å². The second-order valence-electron chi connectivity index (χ2n) is 3.70. The van der Waals surface area contributed by atoms with Gasteiger partial charge in [-0.3, -0.25) is 0 Å². The summed E-state index contributed by atoms with van der Waals surface area (Å²) < 4.78 is 35.5. The summed E-state index contributed by atoms with van der Waals surface area (Å²) in [5.41, 5.74) is 1.23. The van der Waals surface area contributed by atoms with Crippen LogP contribution < -0.4 is 5.14 Å². The molecule has 94 valence electrons. The topological polar surface area (TPSA) is 60.2 Å². The van der Waals surface area contributed by atoms with E-state index in [2.05, 4.69) is 0 Å². The lowest BCUT2D eigenvalue weighted by Crippen LogP contribution is -2.12. The average Bonchev–Trinajstić information content (AvgIpc) is 2.27. The van der Waals surface area contributed by atoms with Crippen molar-refractivity contribution in [3.05, 3.63) is 53.3 Å². The molecule has 0 radical (unpaired) electrons. The Bertz CT molecular complexity index is 701. The summed E-state index contributed by atoms with van der Waals surface area (Å²) in [6.45, 7) is 0. The van der Waals surface area contributed by atoms with Crippen LogP contribution in [0.3, 0.4) is 0 Å². The molecule has 0 aliphatic rings. The van der Waals surface area contributed by atoms with Gasteiger partial charge in [0.15, 0.2) is 0 Å². The number of benzene rings is 2. The summed E-state index contributed by atoms with van der Waals surface area (Å²) in [5.74, 6) is -0.376. The van der Waals surface area contributed by atoms with Crippen LogP contribution in [-0.2, 0) is 10.0 Å². The molecule has 0 heterocycles. The molecule has 0 atom stereocenters. The quantitative estimate of drug-likeness (QED) is 0.922. The smallest absolute Gasteiger partial charge is 0.225 e. The normalized spacial score (nSPS) is 11.5. The van der Waals surface area contributed by atoms with Gasteiger partial charge in [-0.2, -0.15) is 0 Å². The van der Waals surface area contributed by atoms with E-state index >= 15 is 0 Å². The van der Waals surface area contributed by atoms with Gasteiger partial charge >= 0.3 is 0 Å². The van der Waals surface area contributed by atoms with Gasteiger partial charge in [-0.1, -0.05) is 29.8 Å². The van der Waals surface area contributed by atoms with E-state index in [4.69, 9.17) is 16.7 Å². The standard InChI is InChI=1S/C12H9ClFNO2S/c13-11-7-9(4-5-12(11)18(15,16)17)8-2-1-3-10(14)6-8/h1-7H,(H2,15,16,17). The molecule has 0 aromatic heterocycles. The Morgan fingerprint density at radius 2 is 1.72 bits per heavy atom. The first-order valence-electron chi connectivity index (χ1n) is 4.96. The fourth-order valence-electron chi connectivity index (χ4n) is 1.58. The van der Waals surface area contributed by atoms with E-state index in [0.29, 0.717) is 11.1 Å². The molecule has 18 heavy (non-hydrogen) atoms. The maximum Gasteiger partial charge on any atom is 0.239 e. The predicted molar refractivity (Wildman–Crippen MR) is 68.2 cm³/mol. The van der Waals surface area contributed by atoms with Gasteiger partial charge < -0.3 is 0 Å². The molecule has 2 aromatic rings. The van der Waals surface area contributed by atoms with E-state index in [9.17, 15) is 12.8 Å². The van der Waals surface area contributed by atoms with E-state index in [1.165, 1.54) is 30.3 Å². The molecule has 0 bridgehead atoms. The minimum Gasteiger partial charge on any atom is -0.225 e.